The molecule has 0 aromatic carbocycles. The smallest absolute Gasteiger partial charge is 0.352 e. The van der Waals surface area contributed by atoms with Gasteiger partial charge in [-0.1, -0.05) is 12.1 Å². The van der Waals surface area contributed by atoms with Crippen LogP contribution in [0.2, 0.25) is 0 Å². The summed E-state index contributed by atoms with van der Waals surface area (Å²) in [5, 5.41) is 14.6. The van der Waals surface area contributed by atoms with Gasteiger partial charge in [0.25, 0.3) is 11.8 Å². The number of carboxylic acids is 1. The van der Waals surface area contributed by atoms with Crippen LogP contribution in [0.3, 0.4) is 0 Å². The molecule has 2 heterocycles. The molecule has 2 N–H and O–H groups in total. The Morgan fingerprint density at radius 1 is 1.36 bits per heavy atom. The van der Waals surface area contributed by atoms with Gasteiger partial charge in [0, 0.05) is 24.7 Å². The number of hydrogen-bond acceptors (Lipinski definition) is 9. The van der Waals surface area contributed by atoms with Crippen LogP contribution in [-0.4, -0.2) is 76.1 Å². The standard InChI is InChI=1S/C16H19N3O8S/c1-4-9(21)10(18-26-3)13(22)17-11-14(23)19-12(16(24)25)8(5-27-7(2)20)6-28-15(11)19/h11,15H,4-6H2,1-3H3,(H,17,22)(H,24,25)/t11-,15+/m1/s1. The first-order valence-electron chi connectivity index (χ1n) is 8.21. The fourth-order valence-electron chi connectivity index (χ4n) is 2.67. The summed E-state index contributed by atoms with van der Waals surface area (Å²) < 4.78 is 4.84. The summed E-state index contributed by atoms with van der Waals surface area (Å²) in [6, 6.07) is -1.02. The zero-order valence-corrected chi connectivity index (χ0v) is 16.2. The summed E-state index contributed by atoms with van der Waals surface area (Å²) in [4.78, 5) is 64.7. The highest BCUT2D eigenvalue weighted by molar-refractivity contribution is 8.00. The number of ether oxygens (including phenoxy) is 1. The lowest BCUT2D eigenvalue weighted by molar-refractivity contribution is -0.150. The molecule has 2 aliphatic heterocycles. The first-order valence-corrected chi connectivity index (χ1v) is 9.26. The van der Waals surface area contributed by atoms with Gasteiger partial charge in [-0.2, -0.15) is 0 Å². The van der Waals surface area contributed by atoms with Crippen LogP contribution in [0.5, 0.6) is 0 Å². The number of rotatable bonds is 8. The second-order valence-electron chi connectivity index (χ2n) is 5.80. The highest BCUT2D eigenvalue weighted by Crippen LogP contribution is 2.40. The maximum absolute atomic E-state index is 12.5. The summed E-state index contributed by atoms with van der Waals surface area (Å²) in [6.45, 7) is 2.49. The van der Waals surface area contributed by atoms with E-state index in [1.165, 1.54) is 25.8 Å². The van der Waals surface area contributed by atoms with Crippen molar-refractivity contribution < 1.29 is 38.7 Å². The molecule has 2 aliphatic rings. The summed E-state index contributed by atoms with van der Waals surface area (Å²) in [6.07, 6.45) is 0.0178. The number of hydrogen-bond donors (Lipinski definition) is 2. The molecule has 0 bridgehead atoms. The average molecular weight is 413 g/mol. The number of β-lactam (4-membered cyclic amide) rings is 1. The third-order valence-electron chi connectivity index (χ3n) is 3.97. The minimum absolute atomic E-state index is 0.0178. The van der Waals surface area contributed by atoms with Crippen LogP contribution in [0.1, 0.15) is 20.3 Å². The van der Waals surface area contributed by atoms with E-state index in [2.05, 4.69) is 15.3 Å². The van der Waals surface area contributed by atoms with E-state index in [1.807, 2.05) is 0 Å². The van der Waals surface area contributed by atoms with Gasteiger partial charge in [-0.15, -0.1) is 11.8 Å². The summed E-state index contributed by atoms with van der Waals surface area (Å²) in [5.74, 6) is -3.80. The van der Waals surface area contributed by atoms with Gasteiger partial charge in [-0.25, -0.2) is 4.79 Å². The lowest BCUT2D eigenvalue weighted by Crippen LogP contribution is -2.71. The van der Waals surface area contributed by atoms with Crippen molar-refractivity contribution in [3.8, 4) is 0 Å². The number of carboxylic acid groups (broad SMARTS) is 1. The Hall–Kier alpha value is -2.89. The van der Waals surface area contributed by atoms with E-state index < -0.39 is 46.7 Å². The Balaban J connectivity index is 2.18. The second-order valence-corrected chi connectivity index (χ2v) is 6.90. The van der Waals surface area contributed by atoms with E-state index in [1.54, 1.807) is 6.92 Å². The van der Waals surface area contributed by atoms with Gasteiger partial charge in [0.2, 0.25) is 5.71 Å². The molecule has 2 atom stereocenters. The Morgan fingerprint density at radius 3 is 2.57 bits per heavy atom. The molecular weight excluding hydrogens is 394 g/mol. The largest absolute Gasteiger partial charge is 0.477 e. The van der Waals surface area contributed by atoms with Crippen LogP contribution in [0.4, 0.5) is 0 Å². The number of esters is 1. The molecule has 0 aliphatic carbocycles. The van der Waals surface area contributed by atoms with Gasteiger partial charge < -0.3 is 20.0 Å². The molecule has 0 spiro atoms. The maximum atomic E-state index is 12.5. The van der Waals surface area contributed by atoms with Crippen molar-refractivity contribution >= 4 is 47.0 Å². The average Bonchev–Trinajstić information content (AvgIpc) is 2.66. The minimum Gasteiger partial charge on any atom is -0.477 e. The predicted octanol–water partition coefficient (Wildman–Crippen LogP) is -0.730. The van der Waals surface area contributed by atoms with Crippen molar-refractivity contribution in [1.82, 2.24) is 10.2 Å². The molecule has 152 valence electrons. The summed E-state index contributed by atoms with van der Waals surface area (Å²) in [5.41, 5.74) is -0.456. The van der Waals surface area contributed by atoms with E-state index in [4.69, 9.17) is 4.74 Å². The fraction of sp³-hybridized carbons (Fsp3) is 0.500. The molecule has 28 heavy (non-hydrogen) atoms. The lowest BCUT2D eigenvalue weighted by Gasteiger charge is -2.49. The van der Waals surface area contributed by atoms with Crippen LogP contribution < -0.4 is 5.32 Å². The molecule has 0 aromatic heterocycles. The number of thioether (sulfide) groups is 1. The van der Waals surface area contributed by atoms with E-state index >= 15 is 0 Å². The first-order chi connectivity index (χ1) is 13.2. The molecule has 2 rings (SSSR count). The minimum atomic E-state index is -1.34. The van der Waals surface area contributed by atoms with Crippen LogP contribution in [0.15, 0.2) is 16.4 Å². The Labute approximate surface area is 164 Å². The van der Waals surface area contributed by atoms with Gasteiger partial charge in [0.15, 0.2) is 5.78 Å². The normalized spacial score (nSPS) is 21.5. The van der Waals surface area contributed by atoms with Gasteiger partial charge in [-0.3, -0.25) is 24.1 Å². The number of fused-ring (bicyclic) bond motifs is 1. The molecule has 11 nitrogen and oxygen atoms in total. The number of ketones is 1. The SMILES string of the molecule is CCC(=O)C(=NOC)C(=O)N[C@@H]1C(=O)N2C(C(=O)O)=C(COC(C)=O)CS[C@@H]12. The van der Waals surface area contributed by atoms with Crippen LogP contribution >= 0.6 is 11.8 Å². The Morgan fingerprint density at radius 2 is 2.04 bits per heavy atom. The van der Waals surface area contributed by atoms with Crippen molar-refractivity contribution in [2.24, 2.45) is 5.16 Å². The maximum Gasteiger partial charge on any atom is 0.352 e. The molecule has 1 saturated heterocycles. The van der Waals surface area contributed by atoms with Crippen molar-refractivity contribution in [2.45, 2.75) is 31.7 Å². The molecule has 0 aromatic rings. The zero-order chi connectivity index (χ0) is 21.0. The summed E-state index contributed by atoms with van der Waals surface area (Å²) in [7, 11) is 1.18. The molecule has 1 fully saturated rings. The summed E-state index contributed by atoms with van der Waals surface area (Å²) >= 11 is 1.21. The topological polar surface area (TPSA) is 152 Å². The highest BCUT2D eigenvalue weighted by Gasteiger charge is 2.54. The number of aliphatic carboxylic acids is 1. The third kappa shape index (κ3) is 4.16. The predicted molar refractivity (Wildman–Crippen MR) is 96.1 cm³/mol. The fourth-order valence-corrected chi connectivity index (χ4v) is 4.00. The Kier molecular flexibility index (Phi) is 6.78. The molecule has 12 heteroatoms. The van der Waals surface area contributed by atoms with Gasteiger partial charge in [-0.05, 0) is 0 Å². The van der Waals surface area contributed by atoms with Gasteiger partial charge in [0.1, 0.15) is 30.8 Å². The third-order valence-corrected chi connectivity index (χ3v) is 5.31. The number of carbonyl (C=O) groups excluding carboxylic acids is 4. The number of Topliss-reactive ketones (excluding diaryl/α,β-unsaturated/α-hetero) is 1. The van der Waals surface area contributed by atoms with Crippen molar-refractivity contribution in [2.75, 3.05) is 19.5 Å². The van der Waals surface area contributed by atoms with E-state index in [-0.39, 0.29) is 30.1 Å². The second kappa shape index (κ2) is 8.87. The van der Waals surface area contributed by atoms with E-state index in [0.29, 0.717) is 0 Å². The number of carbonyl (C=O) groups is 5. The molecule has 0 radical (unpaired) electrons. The van der Waals surface area contributed by atoms with Gasteiger partial charge >= 0.3 is 11.9 Å². The monoisotopic (exact) mass is 413 g/mol. The molecule has 0 saturated carbocycles. The van der Waals surface area contributed by atoms with Crippen molar-refractivity contribution in [3.63, 3.8) is 0 Å². The number of nitrogens with zero attached hydrogens (tertiary/aromatic N) is 2. The lowest BCUT2D eigenvalue weighted by atomic mass is 10.0. The van der Waals surface area contributed by atoms with Crippen LogP contribution in [0, 0.1) is 0 Å². The molecule has 2 amide bonds. The number of nitrogens with one attached hydrogen (secondary N) is 1. The molecular formula is C16H19N3O8S. The van der Waals surface area contributed by atoms with E-state index in [0.717, 1.165) is 4.90 Å². The first kappa shape index (κ1) is 21.4. The van der Waals surface area contributed by atoms with Crippen LogP contribution in [0.25, 0.3) is 0 Å². The molecule has 0 unspecified atom stereocenters. The van der Waals surface area contributed by atoms with E-state index in [9.17, 15) is 29.1 Å². The quantitative estimate of drug-likeness (QED) is 0.172. The highest BCUT2D eigenvalue weighted by atomic mass is 32.2. The number of oxime groups is 1. The van der Waals surface area contributed by atoms with Crippen molar-refractivity contribution in [1.29, 1.82) is 0 Å². The Bertz CT molecular complexity index is 791. The van der Waals surface area contributed by atoms with Crippen LogP contribution in [-0.2, 0) is 33.5 Å². The van der Waals surface area contributed by atoms with Crippen molar-refractivity contribution in [3.05, 3.63) is 11.3 Å². The zero-order valence-electron chi connectivity index (χ0n) is 15.4. The number of amides is 2. The van der Waals surface area contributed by atoms with Gasteiger partial charge in [0.05, 0.1) is 0 Å².